The number of nitrogens with one attached hydrogen (secondary N) is 1. The molecule has 0 atom stereocenters. The van der Waals surface area contributed by atoms with Crippen LogP contribution in [0.15, 0.2) is 22.8 Å². The van der Waals surface area contributed by atoms with E-state index in [1.165, 1.54) is 11.4 Å². The molecule has 0 bridgehead atoms. The Hall–Kier alpha value is -1.75. The minimum absolute atomic E-state index is 0.456. The molecule has 0 fully saturated rings. The van der Waals surface area contributed by atoms with Crippen LogP contribution in [0.2, 0.25) is 0 Å². The molecule has 5 heteroatoms. The minimum Gasteiger partial charge on any atom is -0.467 e. The van der Waals surface area contributed by atoms with E-state index in [1.54, 1.807) is 6.26 Å². The van der Waals surface area contributed by atoms with Gasteiger partial charge >= 0.3 is 0 Å². The molecule has 0 spiro atoms. The number of rotatable bonds is 7. The molecule has 0 unspecified atom stereocenters. The molecule has 2 aromatic heterocycles. The minimum atomic E-state index is 0.456. The van der Waals surface area contributed by atoms with Crippen LogP contribution in [0.5, 0.6) is 0 Å². The smallest absolute Gasteiger partial charge is 0.131 e. The second-order valence-electron chi connectivity index (χ2n) is 5.64. The first-order chi connectivity index (χ1) is 10.0. The first kappa shape index (κ1) is 15.6. The van der Waals surface area contributed by atoms with E-state index in [0.717, 1.165) is 31.1 Å². The van der Waals surface area contributed by atoms with Gasteiger partial charge in [0.25, 0.3) is 0 Å². The maximum Gasteiger partial charge on any atom is 0.131 e. The van der Waals surface area contributed by atoms with Gasteiger partial charge in [0.15, 0.2) is 0 Å². The third kappa shape index (κ3) is 3.67. The summed E-state index contributed by atoms with van der Waals surface area (Å²) in [4.78, 5) is 2.30. The molecule has 1 N–H and O–H groups in total. The number of nitrogens with zero attached hydrogens (tertiary/aromatic N) is 3. The van der Waals surface area contributed by atoms with Crippen molar-refractivity contribution in [1.29, 1.82) is 0 Å². The van der Waals surface area contributed by atoms with Crippen LogP contribution in [-0.4, -0.2) is 22.4 Å². The molecule has 0 radical (unpaired) electrons. The molecule has 2 aromatic rings. The predicted octanol–water partition coefficient (Wildman–Crippen LogP) is 2.85. The fourth-order valence-corrected chi connectivity index (χ4v) is 2.53. The highest BCUT2D eigenvalue weighted by Crippen LogP contribution is 2.25. The summed E-state index contributed by atoms with van der Waals surface area (Å²) >= 11 is 0. The lowest BCUT2D eigenvalue weighted by molar-refractivity contribution is 0.500. The summed E-state index contributed by atoms with van der Waals surface area (Å²) in [7, 11) is 2.01. The third-order valence-corrected chi connectivity index (χ3v) is 3.61. The molecule has 2 heterocycles. The van der Waals surface area contributed by atoms with Crippen LogP contribution in [-0.2, 0) is 20.1 Å². The SMILES string of the molecule is CCN(Cc1ccco1)c1c(CNC(C)C)c(C)nn1C. The van der Waals surface area contributed by atoms with Crippen molar-refractivity contribution in [3.63, 3.8) is 0 Å². The molecule has 116 valence electrons. The Kier molecular flexibility index (Phi) is 5.07. The lowest BCUT2D eigenvalue weighted by Gasteiger charge is -2.24. The highest BCUT2D eigenvalue weighted by molar-refractivity contribution is 5.50. The van der Waals surface area contributed by atoms with E-state index < -0.39 is 0 Å². The Labute approximate surface area is 126 Å². The van der Waals surface area contributed by atoms with Gasteiger partial charge in [-0.1, -0.05) is 13.8 Å². The Balaban J connectivity index is 2.26. The van der Waals surface area contributed by atoms with Crippen molar-refractivity contribution in [2.75, 3.05) is 11.4 Å². The average Bonchev–Trinajstić information content (AvgIpc) is 3.02. The largest absolute Gasteiger partial charge is 0.467 e. The van der Waals surface area contributed by atoms with Crippen LogP contribution in [0, 0.1) is 6.92 Å². The first-order valence-corrected chi connectivity index (χ1v) is 7.56. The number of hydrogen-bond acceptors (Lipinski definition) is 4. The summed E-state index contributed by atoms with van der Waals surface area (Å²) in [6.07, 6.45) is 1.72. The van der Waals surface area contributed by atoms with Crippen LogP contribution in [0.4, 0.5) is 5.82 Å². The van der Waals surface area contributed by atoms with Gasteiger partial charge < -0.3 is 14.6 Å². The van der Waals surface area contributed by atoms with Gasteiger partial charge in [0.05, 0.1) is 18.5 Å². The maximum absolute atomic E-state index is 5.49. The second-order valence-corrected chi connectivity index (χ2v) is 5.64. The summed E-state index contributed by atoms with van der Waals surface area (Å²) in [6.45, 7) is 11.1. The van der Waals surface area contributed by atoms with E-state index >= 15 is 0 Å². The van der Waals surface area contributed by atoms with Crippen LogP contribution in [0.25, 0.3) is 0 Å². The van der Waals surface area contributed by atoms with Gasteiger partial charge in [-0.15, -0.1) is 0 Å². The summed E-state index contributed by atoms with van der Waals surface area (Å²) in [5, 5.41) is 8.08. The number of aromatic nitrogens is 2. The van der Waals surface area contributed by atoms with Crippen LogP contribution >= 0.6 is 0 Å². The normalized spacial score (nSPS) is 11.3. The Bertz CT molecular complexity index is 557. The monoisotopic (exact) mass is 290 g/mol. The van der Waals surface area contributed by atoms with Crippen LogP contribution in [0.3, 0.4) is 0 Å². The molecule has 21 heavy (non-hydrogen) atoms. The van der Waals surface area contributed by atoms with Gasteiger partial charge in [-0.05, 0) is 26.0 Å². The molecule has 2 rings (SSSR count). The van der Waals surface area contributed by atoms with Crippen molar-refractivity contribution in [3.8, 4) is 0 Å². The van der Waals surface area contributed by atoms with E-state index in [0.29, 0.717) is 6.04 Å². The lowest BCUT2D eigenvalue weighted by atomic mass is 10.2. The van der Waals surface area contributed by atoms with Gasteiger partial charge in [0.2, 0.25) is 0 Å². The van der Waals surface area contributed by atoms with E-state index in [2.05, 4.69) is 43.0 Å². The molecule has 0 aliphatic rings. The number of furan rings is 1. The van der Waals surface area contributed by atoms with Crippen LogP contribution < -0.4 is 10.2 Å². The van der Waals surface area contributed by atoms with Crippen molar-refractivity contribution in [2.45, 2.75) is 46.8 Å². The zero-order valence-corrected chi connectivity index (χ0v) is 13.7. The van der Waals surface area contributed by atoms with Gasteiger partial charge in [-0.3, -0.25) is 4.68 Å². The lowest BCUT2D eigenvalue weighted by Crippen LogP contribution is -2.28. The van der Waals surface area contributed by atoms with Crippen LogP contribution in [0.1, 0.15) is 37.8 Å². The predicted molar refractivity (Wildman–Crippen MR) is 85.4 cm³/mol. The Morgan fingerprint density at radius 1 is 1.43 bits per heavy atom. The molecule has 0 amide bonds. The standard InChI is InChI=1S/C16H26N4O/c1-6-20(11-14-8-7-9-21-14)16-15(10-17-12(2)3)13(4)18-19(16)5/h7-9,12,17H,6,10-11H2,1-5H3. The second kappa shape index (κ2) is 6.80. The fraction of sp³-hybridized carbons (Fsp3) is 0.562. The summed E-state index contributed by atoms with van der Waals surface area (Å²) in [6, 6.07) is 4.40. The number of hydrogen-bond donors (Lipinski definition) is 1. The Morgan fingerprint density at radius 3 is 2.76 bits per heavy atom. The average molecular weight is 290 g/mol. The summed E-state index contributed by atoms with van der Waals surface area (Å²) < 4.78 is 7.46. The van der Waals surface area contributed by atoms with Crippen molar-refractivity contribution in [3.05, 3.63) is 35.4 Å². The Morgan fingerprint density at radius 2 is 2.19 bits per heavy atom. The van der Waals surface area contributed by atoms with E-state index in [9.17, 15) is 0 Å². The van der Waals surface area contributed by atoms with Gasteiger partial charge in [-0.25, -0.2) is 0 Å². The highest BCUT2D eigenvalue weighted by Gasteiger charge is 2.19. The fourth-order valence-electron chi connectivity index (χ4n) is 2.53. The highest BCUT2D eigenvalue weighted by atomic mass is 16.3. The van der Waals surface area contributed by atoms with E-state index in [-0.39, 0.29) is 0 Å². The first-order valence-electron chi connectivity index (χ1n) is 7.56. The zero-order valence-electron chi connectivity index (χ0n) is 13.7. The number of aryl methyl sites for hydroxylation is 2. The van der Waals surface area contributed by atoms with Crippen molar-refractivity contribution >= 4 is 5.82 Å². The molecule has 0 aromatic carbocycles. The molecule has 5 nitrogen and oxygen atoms in total. The molecule has 0 aliphatic heterocycles. The van der Waals surface area contributed by atoms with E-state index in [1.807, 2.05) is 23.9 Å². The van der Waals surface area contributed by atoms with Gasteiger partial charge in [0.1, 0.15) is 11.6 Å². The molecular weight excluding hydrogens is 264 g/mol. The van der Waals surface area contributed by atoms with Crippen molar-refractivity contribution in [1.82, 2.24) is 15.1 Å². The van der Waals surface area contributed by atoms with Gasteiger partial charge in [-0.2, -0.15) is 5.10 Å². The molecule has 0 saturated carbocycles. The summed E-state index contributed by atoms with van der Waals surface area (Å²) in [5.74, 6) is 2.14. The molecular formula is C16H26N4O. The summed E-state index contributed by atoms with van der Waals surface area (Å²) in [5.41, 5.74) is 2.35. The zero-order chi connectivity index (χ0) is 15.4. The number of anilines is 1. The van der Waals surface area contributed by atoms with Crippen molar-refractivity contribution in [2.24, 2.45) is 7.05 Å². The van der Waals surface area contributed by atoms with E-state index in [4.69, 9.17) is 4.42 Å². The molecule has 0 saturated heterocycles. The quantitative estimate of drug-likeness (QED) is 0.852. The third-order valence-electron chi connectivity index (χ3n) is 3.61. The molecule has 0 aliphatic carbocycles. The van der Waals surface area contributed by atoms with Crippen molar-refractivity contribution < 1.29 is 4.42 Å². The maximum atomic E-state index is 5.49. The topological polar surface area (TPSA) is 46.2 Å². The van der Waals surface area contributed by atoms with Gasteiger partial charge in [0, 0.05) is 31.7 Å².